The van der Waals surface area contributed by atoms with E-state index >= 15 is 0 Å². The van der Waals surface area contributed by atoms with Crippen molar-refractivity contribution in [2.24, 2.45) is 0 Å². The minimum atomic E-state index is 0.691. The highest BCUT2D eigenvalue weighted by Crippen LogP contribution is 2.46. The Hall–Kier alpha value is -17.1. The third kappa shape index (κ3) is 11.6. The first-order chi connectivity index (χ1) is 62.5. The first-order valence-corrected chi connectivity index (χ1v) is 42.8. The van der Waals surface area contributed by atoms with Crippen molar-refractivity contribution in [2.45, 2.75) is 0 Å². The Bertz CT molecular complexity index is 8330. The minimum Gasteiger partial charge on any atom is -0.309 e. The topological polar surface area (TPSA) is 81.1 Å². The molecule has 18 aromatic carbocycles. The molecule has 0 saturated carbocycles. The average Bonchev–Trinajstić information content (AvgIpc) is 1.56. The quantitative estimate of drug-likeness (QED) is 0.122. The van der Waals surface area contributed by atoms with Crippen molar-refractivity contribution in [3.05, 3.63) is 449 Å². The van der Waals surface area contributed by atoms with E-state index in [0.29, 0.717) is 11.6 Å². The van der Waals surface area contributed by atoms with E-state index in [1.54, 1.807) is 0 Å². The van der Waals surface area contributed by atoms with Crippen LogP contribution in [0, 0.1) is 0 Å². The summed E-state index contributed by atoms with van der Waals surface area (Å²) in [5, 5.41) is 14.5. The van der Waals surface area contributed by atoms with Gasteiger partial charge in [-0.05, 0) is 168 Å². The number of hydrogen-bond donors (Lipinski definition) is 0. The summed E-state index contributed by atoms with van der Waals surface area (Å²) >= 11 is 0. The van der Waals surface area contributed by atoms with Gasteiger partial charge in [0.2, 0.25) is 0 Å². The molecule has 0 radical (unpaired) electrons. The van der Waals surface area contributed by atoms with E-state index in [1.807, 2.05) is 48.8 Å². The van der Waals surface area contributed by atoms with Gasteiger partial charge in [-0.25, -0.2) is 19.9 Å². The van der Waals surface area contributed by atoms with Gasteiger partial charge in [-0.1, -0.05) is 291 Å². The molecule has 10 nitrogen and oxygen atoms in total. The van der Waals surface area contributed by atoms with Gasteiger partial charge in [0.25, 0.3) is 0 Å². The Kier molecular flexibility index (Phi) is 16.7. The first kappa shape index (κ1) is 71.8. The van der Waals surface area contributed by atoms with Gasteiger partial charge in [-0.2, -0.15) is 0 Å². The molecule has 0 aliphatic heterocycles. The first-order valence-electron chi connectivity index (χ1n) is 42.8. The van der Waals surface area contributed by atoms with E-state index in [2.05, 4.69) is 428 Å². The summed E-state index contributed by atoms with van der Waals surface area (Å²) in [5.74, 6) is 1.39. The van der Waals surface area contributed by atoms with Crippen LogP contribution in [0.5, 0.6) is 0 Å². The molecule has 10 heteroatoms. The van der Waals surface area contributed by atoms with Crippen molar-refractivity contribution in [1.82, 2.24) is 47.3 Å². The summed E-state index contributed by atoms with van der Waals surface area (Å²) in [6.07, 6.45) is 4.00. The molecule has 0 atom stereocenters. The molecule has 26 aromatic rings. The van der Waals surface area contributed by atoms with Crippen LogP contribution in [0.25, 0.3) is 233 Å². The van der Waals surface area contributed by atoms with Crippen molar-refractivity contribution >= 4 is 131 Å². The highest BCUT2D eigenvalue weighted by Gasteiger charge is 2.26. The van der Waals surface area contributed by atoms with Crippen LogP contribution >= 0.6 is 0 Å². The zero-order valence-electron chi connectivity index (χ0n) is 68.2. The fourth-order valence-electron chi connectivity index (χ4n) is 19.7. The molecule has 588 valence electrons. The van der Waals surface area contributed by atoms with Crippen molar-refractivity contribution in [2.75, 3.05) is 0 Å². The molecular weight excluding hydrogens is 1530 g/mol. The van der Waals surface area contributed by atoms with Crippen LogP contribution in [0.3, 0.4) is 0 Å². The number of para-hydroxylation sites is 8. The van der Waals surface area contributed by atoms with E-state index in [0.717, 1.165) is 134 Å². The SMILES string of the molecule is c1ccc(-c2ncc(-n3c4ccc(-c5ccc6c(c5)c5ccccc5n6-c5ccccc5)cc4c4cc(-c5ccc6c(c5)c5ccccc5n6-c5ccccc5)ccc43)c(-c3ccccc3)n2)cc1.c1ccc(-c2ncc(-n3c4ccc(-n5c6ccccc6c6ccccc65)cc4c4cc(-n5c6ccccc6c6ccccc65)ccc43)c(-c3ccccc3)n2)cc1. The maximum atomic E-state index is 5.33. The average molecular weight is 1610 g/mol. The predicted octanol–water partition coefficient (Wildman–Crippen LogP) is 29.5. The monoisotopic (exact) mass is 1610 g/mol. The molecule has 8 aromatic heterocycles. The van der Waals surface area contributed by atoms with Crippen LogP contribution in [0.1, 0.15) is 0 Å². The van der Waals surface area contributed by atoms with Gasteiger partial charge in [-0.3, -0.25) is 0 Å². The lowest BCUT2D eigenvalue weighted by molar-refractivity contribution is 1.08. The zero-order chi connectivity index (χ0) is 82.9. The van der Waals surface area contributed by atoms with Crippen LogP contribution in [0.2, 0.25) is 0 Å². The predicted molar refractivity (Wildman–Crippen MR) is 523 cm³/mol. The van der Waals surface area contributed by atoms with Crippen LogP contribution in [-0.4, -0.2) is 47.3 Å². The van der Waals surface area contributed by atoms with E-state index in [4.69, 9.17) is 19.9 Å². The summed E-state index contributed by atoms with van der Waals surface area (Å²) in [4.78, 5) is 20.7. The summed E-state index contributed by atoms with van der Waals surface area (Å²) < 4.78 is 14.3. The van der Waals surface area contributed by atoms with Gasteiger partial charge in [-0.15, -0.1) is 0 Å². The lowest BCUT2D eigenvalue weighted by Gasteiger charge is -2.15. The second kappa shape index (κ2) is 29.4. The van der Waals surface area contributed by atoms with Crippen LogP contribution in [-0.2, 0) is 0 Å². The van der Waals surface area contributed by atoms with Gasteiger partial charge in [0.1, 0.15) is 0 Å². The summed E-state index contributed by atoms with van der Waals surface area (Å²) in [5.41, 5.74) is 30.6. The number of aromatic nitrogens is 10. The van der Waals surface area contributed by atoms with Crippen LogP contribution in [0.4, 0.5) is 0 Å². The Morgan fingerprint density at radius 3 is 0.659 bits per heavy atom. The highest BCUT2D eigenvalue weighted by atomic mass is 15.1. The van der Waals surface area contributed by atoms with E-state index in [1.165, 1.54) is 87.2 Å². The van der Waals surface area contributed by atoms with Gasteiger partial charge in [0.05, 0.1) is 101 Å². The van der Waals surface area contributed by atoms with Crippen molar-refractivity contribution in [3.8, 4) is 102 Å². The molecule has 0 unspecified atom stereocenters. The lowest BCUT2D eigenvalue weighted by atomic mass is 9.98. The Labute approximate surface area is 724 Å². The van der Waals surface area contributed by atoms with Crippen LogP contribution in [0.15, 0.2) is 449 Å². The standard InChI is InChI=1S/C64H41N5.C52H33N5/c1-5-17-42(18-6-1)63-62(41-65-64(66-63)43-19-7-2-8-20-43)69-60-35-31-46(44-29-33-58-52(37-44)50-25-13-15-27-56(50)67(58)48-21-9-3-10-22-48)39-54(60)55-40-47(32-36-61(55)69)45-30-34-59-53(38-45)51-26-14-16-28-57(51)68(59)49-23-11-4-12-24-49;1-3-15-34(16-4-1)51-50(33-53-52(54-51)35-17-5-2-6-18-35)57-48-29-27-36(55-44-23-11-7-19-38(44)39-20-8-12-24-45(39)55)31-42(48)43-32-37(28-30-49(43)57)56-46-25-13-9-21-40(46)41-22-10-14-26-47(41)56/h1-41H;1-33H. The van der Waals surface area contributed by atoms with Crippen molar-refractivity contribution in [1.29, 1.82) is 0 Å². The molecule has 0 aliphatic carbocycles. The van der Waals surface area contributed by atoms with Gasteiger partial charge >= 0.3 is 0 Å². The molecule has 0 saturated heterocycles. The molecule has 0 aliphatic rings. The van der Waals surface area contributed by atoms with Crippen molar-refractivity contribution < 1.29 is 0 Å². The Morgan fingerprint density at radius 2 is 0.357 bits per heavy atom. The Balaban J connectivity index is 0.000000140. The molecule has 126 heavy (non-hydrogen) atoms. The second-order valence-electron chi connectivity index (χ2n) is 32.4. The van der Waals surface area contributed by atoms with E-state index in [-0.39, 0.29) is 0 Å². The minimum absolute atomic E-state index is 0.691. The molecular formula is C116H74N10. The molecule has 26 rings (SSSR count). The zero-order valence-corrected chi connectivity index (χ0v) is 68.2. The summed E-state index contributed by atoms with van der Waals surface area (Å²) in [6, 6.07) is 157. The number of hydrogen-bond acceptors (Lipinski definition) is 4. The Morgan fingerprint density at radius 1 is 0.143 bits per heavy atom. The normalized spacial score (nSPS) is 11.8. The fraction of sp³-hybridized carbons (Fsp3) is 0. The number of nitrogens with zero attached hydrogens (tertiary/aromatic N) is 10. The summed E-state index contributed by atoms with van der Waals surface area (Å²) in [6.45, 7) is 0. The van der Waals surface area contributed by atoms with Gasteiger partial charge in [0.15, 0.2) is 11.6 Å². The molecule has 0 spiro atoms. The van der Waals surface area contributed by atoms with E-state index in [9.17, 15) is 0 Å². The van der Waals surface area contributed by atoms with E-state index < -0.39 is 0 Å². The highest BCUT2D eigenvalue weighted by molar-refractivity contribution is 6.18. The molecule has 0 fully saturated rings. The second-order valence-corrected chi connectivity index (χ2v) is 32.4. The molecule has 0 bridgehead atoms. The van der Waals surface area contributed by atoms with Crippen molar-refractivity contribution in [3.63, 3.8) is 0 Å². The fourth-order valence-corrected chi connectivity index (χ4v) is 19.7. The van der Waals surface area contributed by atoms with Gasteiger partial charge in [0, 0.05) is 110 Å². The smallest absolute Gasteiger partial charge is 0.159 e. The molecule has 8 heterocycles. The number of rotatable bonds is 12. The molecule has 0 amide bonds. The maximum Gasteiger partial charge on any atom is 0.159 e. The summed E-state index contributed by atoms with van der Waals surface area (Å²) in [7, 11) is 0. The molecule has 0 N–H and O–H groups in total. The third-order valence-corrected chi connectivity index (χ3v) is 25.4. The number of fused-ring (bicyclic) bond motifs is 18. The number of benzene rings is 18. The van der Waals surface area contributed by atoms with Gasteiger partial charge < -0.3 is 27.4 Å². The largest absolute Gasteiger partial charge is 0.309 e. The lowest BCUT2D eigenvalue weighted by Crippen LogP contribution is -2.03. The third-order valence-electron chi connectivity index (χ3n) is 25.4. The maximum absolute atomic E-state index is 5.33. The van der Waals surface area contributed by atoms with Crippen LogP contribution < -0.4 is 0 Å².